The van der Waals surface area contributed by atoms with Gasteiger partial charge in [-0.15, -0.1) is 0 Å². The lowest BCUT2D eigenvalue weighted by Gasteiger charge is -2.14. The lowest BCUT2D eigenvalue weighted by atomic mass is 10.1. The quantitative estimate of drug-likeness (QED) is 0.369. The second-order valence-electron chi connectivity index (χ2n) is 6.66. The van der Waals surface area contributed by atoms with Crippen molar-refractivity contribution in [3.63, 3.8) is 0 Å². The summed E-state index contributed by atoms with van der Waals surface area (Å²) < 4.78 is 0. The number of nitrogens with one attached hydrogen (secondary N) is 2. The van der Waals surface area contributed by atoms with Crippen molar-refractivity contribution in [2.45, 2.75) is 96.9 Å². The molecule has 0 saturated heterocycles. The normalized spacial score (nSPS) is 11.8. The monoisotopic (exact) mass is 356 g/mol. The van der Waals surface area contributed by atoms with E-state index in [9.17, 15) is 14.4 Å². The summed E-state index contributed by atoms with van der Waals surface area (Å²) in [7, 11) is 0. The summed E-state index contributed by atoms with van der Waals surface area (Å²) >= 11 is 0. The van der Waals surface area contributed by atoms with Gasteiger partial charge >= 0.3 is 5.97 Å². The fourth-order valence-corrected chi connectivity index (χ4v) is 2.58. The van der Waals surface area contributed by atoms with E-state index in [1.54, 1.807) is 6.92 Å². The Bertz CT molecular complexity index is 386. The van der Waals surface area contributed by atoms with Crippen LogP contribution in [0.15, 0.2) is 0 Å². The summed E-state index contributed by atoms with van der Waals surface area (Å²) in [5.41, 5.74) is 0. The number of hydrogen-bond donors (Lipinski definition) is 3. The molecule has 0 aliphatic heterocycles. The highest BCUT2D eigenvalue weighted by atomic mass is 16.4. The number of carboxylic acids is 1. The molecule has 0 fully saturated rings. The van der Waals surface area contributed by atoms with Crippen molar-refractivity contribution in [1.29, 1.82) is 0 Å². The van der Waals surface area contributed by atoms with Crippen molar-refractivity contribution in [2.75, 3.05) is 6.54 Å². The van der Waals surface area contributed by atoms with Crippen LogP contribution >= 0.6 is 0 Å². The first-order valence-corrected chi connectivity index (χ1v) is 9.76. The van der Waals surface area contributed by atoms with Crippen LogP contribution in [0.25, 0.3) is 0 Å². The Hall–Kier alpha value is -1.59. The van der Waals surface area contributed by atoms with Gasteiger partial charge in [0.1, 0.15) is 6.04 Å². The molecule has 6 nitrogen and oxygen atoms in total. The van der Waals surface area contributed by atoms with E-state index < -0.39 is 12.0 Å². The number of amides is 2. The Morgan fingerprint density at radius 1 is 0.840 bits per heavy atom. The molecular formula is C19H36N2O4. The van der Waals surface area contributed by atoms with Gasteiger partial charge in [0, 0.05) is 19.4 Å². The molecule has 146 valence electrons. The zero-order valence-electron chi connectivity index (χ0n) is 15.9. The smallest absolute Gasteiger partial charge is 0.303 e. The van der Waals surface area contributed by atoms with Crippen LogP contribution in [0.3, 0.4) is 0 Å². The third kappa shape index (κ3) is 15.7. The van der Waals surface area contributed by atoms with E-state index in [0.717, 1.165) is 12.8 Å². The second kappa shape index (κ2) is 15.9. The molecule has 0 spiro atoms. The summed E-state index contributed by atoms with van der Waals surface area (Å²) in [6.07, 6.45) is 11.7. The molecule has 2 amide bonds. The van der Waals surface area contributed by atoms with Crippen molar-refractivity contribution < 1.29 is 19.5 Å². The van der Waals surface area contributed by atoms with Crippen LogP contribution in [0.4, 0.5) is 0 Å². The third-order valence-electron chi connectivity index (χ3n) is 4.14. The van der Waals surface area contributed by atoms with Crippen molar-refractivity contribution in [3.05, 3.63) is 0 Å². The molecule has 0 aromatic heterocycles. The van der Waals surface area contributed by atoms with E-state index >= 15 is 0 Å². The molecule has 3 N–H and O–H groups in total. The topological polar surface area (TPSA) is 95.5 Å². The zero-order chi connectivity index (χ0) is 18.9. The average Bonchev–Trinajstić information content (AvgIpc) is 2.56. The highest BCUT2D eigenvalue weighted by molar-refractivity contribution is 5.87. The van der Waals surface area contributed by atoms with Crippen molar-refractivity contribution >= 4 is 17.8 Å². The van der Waals surface area contributed by atoms with E-state index in [1.165, 1.54) is 44.9 Å². The minimum absolute atomic E-state index is 0.0274. The molecule has 0 radical (unpaired) electrons. The summed E-state index contributed by atoms with van der Waals surface area (Å²) in [6.45, 7) is 4.17. The van der Waals surface area contributed by atoms with Crippen LogP contribution in [0.1, 0.15) is 90.9 Å². The first kappa shape index (κ1) is 23.4. The predicted molar refractivity (Wildman–Crippen MR) is 99.3 cm³/mol. The average molecular weight is 357 g/mol. The lowest BCUT2D eigenvalue weighted by Crippen LogP contribution is -2.45. The summed E-state index contributed by atoms with van der Waals surface area (Å²) in [5.74, 6) is -1.25. The predicted octanol–water partition coefficient (Wildman–Crippen LogP) is 3.39. The van der Waals surface area contributed by atoms with Crippen molar-refractivity contribution in [3.8, 4) is 0 Å². The Balaban J connectivity index is 3.57. The minimum Gasteiger partial charge on any atom is -0.481 e. The molecule has 0 heterocycles. The van der Waals surface area contributed by atoms with Gasteiger partial charge in [-0.3, -0.25) is 14.4 Å². The van der Waals surface area contributed by atoms with Gasteiger partial charge in [0.25, 0.3) is 0 Å². The van der Waals surface area contributed by atoms with Crippen molar-refractivity contribution in [1.82, 2.24) is 10.6 Å². The number of carbonyl (C=O) groups excluding carboxylic acids is 2. The number of unbranched alkanes of at least 4 members (excludes halogenated alkanes) is 8. The maximum atomic E-state index is 11.8. The molecule has 0 saturated carbocycles. The second-order valence-corrected chi connectivity index (χ2v) is 6.66. The standard InChI is InChI=1S/C19H36N2O4/c1-3-4-5-6-7-8-9-10-11-13-17(22)21-16(2)19(25)20-15-12-14-18(23)24/h16H,3-15H2,1-2H3,(H,20,25)(H,21,22)(H,23,24). The van der Waals surface area contributed by atoms with Gasteiger partial charge in [-0.25, -0.2) is 0 Å². The van der Waals surface area contributed by atoms with Crippen LogP contribution < -0.4 is 10.6 Å². The molecule has 0 rings (SSSR count). The van der Waals surface area contributed by atoms with E-state index in [2.05, 4.69) is 17.6 Å². The van der Waals surface area contributed by atoms with Crippen LogP contribution in [0, 0.1) is 0 Å². The Kier molecular flexibility index (Phi) is 14.9. The molecule has 1 atom stereocenters. The summed E-state index contributed by atoms with van der Waals surface area (Å²) in [6, 6.07) is -0.587. The molecule has 0 aromatic rings. The molecule has 0 aliphatic rings. The SMILES string of the molecule is CCCCCCCCCCCC(=O)NC(C)C(=O)NCCCC(=O)O. The Morgan fingerprint density at radius 3 is 1.96 bits per heavy atom. The first-order chi connectivity index (χ1) is 12.0. The molecule has 1 unspecified atom stereocenters. The van der Waals surface area contributed by atoms with Crippen LogP contribution in [-0.2, 0) is 14.4 Å². The van der Waals surface area contributed by atoms with Gasteiger partial charge in [-0.2, -0.15) is 0 Å². The summed E-state index contributed by atoms with van der Waals surface area (Å²) in [5, 5.41) is 13.8. The molecule has 25 heavy (non-hydrogen) atoms. The largest absolute Gasteiger partial charge is 0.481 e. The van der Waals surface area contributed by atoms with E-state index in [1.807, 2.05) is 0 Å². The van der Waals surface area contributed by atoms with E-state index in [4.69, 9.17) is 5.11 Å². The highest BCUT2D eigenvalue weighted by Crippen LogP contribution is 2.10. The van der Waals surface area contributed by atoms with Crippen LogP contribution in [-0.4, -0.2) is 35.5 Å². The van der Waals surface area contributed by atoms with Crippen molar-refractivity contribution in [2.24, 2.45) is 0 Å². The van der Waals surface area contributed by atoms with Gasteiger partial charge in [0.2, 0.25) is 11.8 Å². The van der Waals surface area contributed by atoms with Gasteiger partial charge < -0.3 is 15.7 Å². The van der Waals surface area contributed by atoms with E-state index in [-0.39, 0.29) is 18.2 Å². The summed E-state index contributed by atoms with van der Waals surface area (Å²) in [4.78, 5) is 34.0. The van der Waals surface area contributed by atoms with Gasteiger partial charge in [-0.05, 0) is 19.8 Å². The molecular weight excluding hydrogens is 320 g/mol. The fourth-order valence-electron chi connectivity index (χ4n) is 2.58. The lowest BCUT2D eigenvalue weighted by molar-refractivity contribution is -0.137. The minimum atomic E-state index is -0.878. The first-order valence-electron chi connectivity index (χ1n) is 9.76. The number of rotatable bonds is 16. The Morgan fingerprint density at radius 2 is 1.40 bits per heavy atom. The number of carboxylic acid groups (broad SMARTS) is 1. The molecule has 6 heteroatoms. The third-order valence-corrected chi connectivity index (χ3v) is 4.14. The maximum Gasteiger partial charge on any atom is 0.303 e. The van der Waals surface area contributed by atoms with Crippen LogP contribution in [0.5, 0.6) is 0 Å². The maximum absolute atomic E-state index is 11.8. The number of hydrogen-bond acceptors (Lipinski definition) is 3. The molecule has 0 bridgehead atoms. The molecule has 0 aliphatic carbocycles. The Labute approximate surface area is 152 Å². The fraction of sp³-hybridized carbons (Fsp3) is 0.842. The molecule has 0 aromatic carbocycles. The number of aliphatic carboxylic acids is 1. The van der Waals surface area contributed by atoms with Crippen LogP contribution in [0.2, 0.25) is 0 Å². The van der Waals surface area contributed by atoms with Gasteiger partial charge in [-0.1, -0.05) is 58.3 Å². The highest BCUT2D eigenvalue weighted by Gasteiger charge is 2.14. The van der Waals surface area contributed by atoms with Gasteiger partial charge in [0.05, 0.1) is 0 Å². The van der Waals surface area contributed by atoms with Gasteiger partial charge in [0.15, 0.2) is 0 Å². The number of carbonyl (C=O) groups is 3. The zero-order valence-corrected chi connectivity index (χ0v) is 15.9. The van der Waals surface area contributed by atoms with E-state index in [0.29, 0.717) is 19.4 Å².